The molecule has 96 valence electrons. The highest BCUT2D eigenvalue weighted by molar-refractivity contribution is 14.1. The first-order chi connectivity index (χ1) is 8.22. The molecule has 0 bridgehead atoms. The van der Waals surface area contributed by atoms with Crippen LogP contribution < -0.4 is 0 Å². The van der Waals surface area contributed by atoms with Crippen molar-refractivity contribution in [1.82, 2.24) is 9.78 Å². The molecule has 0 saturated heterocycles. The second-order valence-corrected chi connectivity index (χ2v) is 6.01. The Morgan fingerprint density at radius 1 is 1.53 bits per heavy atom. The molecule has 1 saturated carbocycles. The standard InChI is InChI=1S/C13H21IN2O/c1-3-10(2)17-9-13-12(14)8-15-16(13)11-6-4-5-7-11/h8,10-11H,3-7,9H2,1-2H3/t10-/m1/s1. The van der Waals surface area contributed by atoms with E-state index in [2.05, 4.69) is 46.2 Å². The molecule has 0 radical (unpaired) electrons. The lowest BCUT2D eigenvalue weighted by atomic mass is 10.2. The van der Waals surface area contributed by atoms with E-state index in [-0.39, 0.29) is 0 Å². The molecule has 1 atom stereocenters. The van der Waals surface area contributed by atoms with Crippen LogP contribution in [0.25, 0.3) is 0 Å². The maximum Gasteiger partial charge on any atom is 0.0899 e. The molecule has 0 spiro atoms. The maximum absolute atomic E-state index is 5.85. The second-order valence-electron chi connectivity index (χ2n) is 4.85. The minimum atomic E-state index is 0.331. The third kappa shape index (κ3) is 3.22. The Morgan fingerprint density at radius 3 is 2.88 bits per heavy atom. The minimum absolute atomic E-state index is 0.331. The molecule has 3 nitrogen and oxygen atoms in total. The Balaban J connectivity index is 2.06. The molecule has 0 aromatic carbocycles. The van der Waals surface area contributed by atoms with Crippen LogP contribution in [0.15, 0.2) is 6.20 Å². The average molecular weight is 348 g/mol. The summed E-state index contributed by atoms with van der Waals surface area (Å²) >= 11 is 2.36. The lowest BCUT2D eigenvalue weighted by molar-refractivity contribution is 0.0454. The fourth-order valence-electron chi connectivity index (χ4n) is 2.30. The normalized spacial score (nSPS) is 18.8. The maximum atomic E-state index is 5.85. The third-order valence-electron chi connectivity index (χ3n) is 3.60. The monoisotopic (exact) mass is 348 g/mol. The Kier molecular flexibility index (Phi) is 4.85. The summed E-state index contributed by atoms with van der Waals surface area (Å²) in [5.74, 6) is 0. The van der Waals surface area contributed by atoms with E-state index >= 15 is 0 Å². The first-order valence-corrected chi connectivity index (χ1v) is 7.63. The van der Waals surface area contributed by atoms with Gasteiger partial charge >= 0.3 is 0 Å². The van der Waals surface area contributed by atoms with E-state index < -0.39 is 0 Å². The van der Waals surface area contributed by atoms with Gasteiger partial charge in [0.05, 0.1) is 34.2 Å². The number of hydrogen-bond acceptors (Lipinski definition) is 2. The van der Waals surface area contributed by atoms with Gasteiger partial charge in [-0.15, -0.1) is 0 Å². The van der Waals surface area contributed by atoms with E-state index in [1.807, 2.05) is 6.20 Å². The van der Waals surface area contributed by atoms with Crippen LogP contribution in [0.5, 0.6) is 0 Å². The van der Waals surface area contributed by atoms with Gasteiger partial charge in [-0.2, -0.15) is 5.10 Å². The van der Waals surface area contributed by atoms with E-state index in [4.69, 9.17) is 4.74 Å². The molecule has 1 aromatic heterocycles. The van der Waals surface area contributed by atoms with Crippen molar-refractivity contribution in [3.63, 3.8) is 0 Å². The molecule has 1 aromatic rings. The molecule has 0 unspecified atom stereocenters. The fourth-order valence-corrected chi connectivity index (χ4v) is 2.83. The molecule has 0 N–H and O–H groups in total. The smallest absolute Gasteiger partial charge is 0.0899 e. The first-order valence-electron chi connectivity index (χ1n) is 6.55. The predicted octanol–water partition coefficient (Wildman–Crippen LogP) is 3.92. The van der Waals surface area contributed by atoms with Crippen molar-refractivity contribution in [2.24, 2.45) is 0 Å². The van der Waals surface area contributed by atoms with Gasteiger partial charge in [0.2, 0.25) is 0 Å². The van der Waals surface area contributed by atoms with E-state index in [1.54, 1.807) is 0 Å². The predicted molar refractivity (Wildman–Crippen MR) is 77.0 cm³/mol. The Hall–Kier alpha value is -0.100. The number of aromatic nitrogens is 2. The van der Waals surface area contributed by atoms with Crippen LogP contribution in [0.1, 0.15) is 57.7 Å². The molecule has 0 amide bonds. The largest absolute Gasteiger partial charge is 0.372 e. The molecule has 17 heavy (non-hydrogen) atoms. The Labute approximate surface area is 117 Å². The van der Waals surface area contributed by atoms with Crippen molar-refractivity contribution in [3.05, 3.63) is 15.5 Å². The van der Waals surface area contributed by atoms with Crippen molar-refractivity contribution in [2.45, 2.75) is 64.7 Å². The van der Waals surface area contributed by atoms with Gasteiger partial charge in [-0.05, 0) is 48.8 Å². The number of nitrogens with zero attached hydrogens (tertiary/aromatic N) is 2. The zero-order valence-electron chi connectivity index (χ0n) is 10.7. The molecule has 1 aliphatic rings. The summed E-state index contributed by atoms with van der Waals surface area (Å²) < 4.78 is 9.29. The number of ether oxygens (including phenoxy) is 1. The lowest BCUT2D eigenvalue weighted by Gasteiger charge is -2.16. The third-order valence-corrected chi connectivity index (χ3v) is 4.50. The molecule has 0 aliphatic heterocycles. The summed E-state index contributed by atoms with van der Waals surface area (Å²) in [6, 6.07) is 0.606. The average Bonchev–Trinajstić information content (AvgIpc) is 2.95. The van der Waals surface area contributed by atoms with Crippen molar-refractivity contribution >= 4 is 22.6 Å². The van der Waals surface area contributed by atoms with Gasteiger partial charge in [0.25, 0.3) is 0 Å². The van der Waals surface area contributed by atoms with Crippen molar-refractivity contribution in [2.75, 3.05) is 0 Å². The molecule has 1 fully saturated rings. The second kappa shape index (κ2) is 6.18. The fraction of sp³-hybridized carbons (Fsp3) is 0.769. The summed E-state index contributed by atoms with van der Waals surface area (Å²) in [5, 5.41) is 4.53. The summed E-state index contributed by atoms with van der Waals surface area (Å²) in [7, 11) is 0. The summed E-state index contributed by atoms with van der Waals surface area (Å²) in [5.41, 5.74) is 1.26. The lowest BCUT2D eigenvalue weighted by Crippen LogP contribution is -2.14. The van der Waals surface area contributed by atoms with Gasteiger partial charge in [0, 0.05) is 0 Å². The minimum Gasteiger partial charge on any atom is -0.372 e. The van der Waals surface area contributed by atoms with Gasteiger partial charge in [0.1, 0.15) is 0 Å². The highest BCUT2D eigenvalue weighted by Gasteiger charge is 2.21. The highest BCUT2D eigenvalue weighted by atomic mass is 127. The number of halogens is 1. The molecule has 4 heteroatoms. The van der Waals surface area contributed by atoms with Gasteiger partial charge < -0.3 is 4.74 Å². The van der Waals surface area contributed by atoms with Crippen LogP contribution in [0, 0.1) is 3.57 Å². The van der Waals surface area contributed by atoms with Crippen LogP contribution in [0.2, 0.25) is 0 Å². The molecule has 1 aliphatic carbocycles. The van der Waals surface area contributed by atoms with E-state index in [0.717, 1.165) is 6.42 Å². The van der Waals surface area contributed by atoms with Gasteiger partial charge in [-0.3, -0.25) is 4.68 Å². The summed E-state index contributed by atoms with van der Waals surface area (Å²) in [6.07, 6.45) is 8.59. The van der Waals surface area contributed by atoms with Crippen LogP contribution in [0.4, 0.5) is 0 Å². The van der Waals surface area contributed by atoms with Crippen LogP contribution in [0.3, 0.4) is 0 Å². The summed E-state index contributed by atoms with van der Waals surface area (Å²) in [6.45, 7) is 4.98. The van der Waals surface area contributed by atoms with E-state index in [9.17, 15) is 0 Å². The first kappa shape index (κ1) is 13.3. The molecular formula is C13H21IN2O. The molecular weight excluding hydrogens is 327 g/mol. The quantitative estimate of drug-likeness (QED) is 0.755. The van der Waals surface area contributed by atoms with E-state index in [0.29, 0.717) is 18.8 Å². The number of hydrogen-bond donors (Lipinski definition) is 0. The molecule has 2 rings (SSSR count). The van der Waals surface area contributed by atoms with Crippen molar-refractivity contribution in [3.8, 4) is 0 Å². The number of rotatable bonds is 5. The topological polar surface area (TPSA) is 27.1 Å². The Bertz CT molecular complexity index is 358. The summed E-state index contributed by atoms with van der Waals surface area (Å²) in [4.78, 5) is 0. The van der Waals surface area contributed by atoms with Gasteiger partial charge in [-0.1, -0.05) is 19.8 Å². The SMILES string of the molecule is CC[C@@H](C)OCc1c(I)cnn1C1CCCC1. The van der Waals surface area contributed by atoms with Crippen LogP contribution >= 0.6 is 22.6 Å². The Morgan fingerprint density at radius 2 is 2.24 bits per heavy atom. The highest BCUT2D eigenvalue weighted by Crippen LogP contribution is 2.31. The molecule has 1 heterocycles. The van der Waals surface area contributed by atoms with Crippen molar-refractivity contribution in [1.29, 1.82) is 0 Å². The van der Waals surface area contributed by atoms with Gasteiger partial charge in [-0.25, -0.2) is 0 Å². The van der Waals surface area contributed by atoms with Crippen molar-refractivity contribution < 1.29 is 4.74 Å². The van der Waals surface area contributed by atoms with Crippen LogP contribution in [-0.2, 0) is 11.3 Å². The van der Waals surface area contributed by atoms with E-state index in [1.165, 1.54) is 34.9 Å². The zero-order valence-corrected chi connectivity index (χ0v) is 12.8. The van der Waals surface area contributed by atoms with Crippen LogP contribution in [-0.4, -0.2) is 15.9 Å². The van der Waals surface area contributed by atoms with Gasteiger partial charge in [0.15, 0.2) is 0 Å². The zero-order chi connectivity index (χ0) is 12.3.